The van der Waals surface area contributed by atoms with Crippen LogP contribution in [0.25, 0.3) is 0 Å². The first kappa shape index (κ1) is 21.1. The van der Waals surface area contributed by atoms with Gasteiger partial charge in [-0.05, 0) is 26.0 Å². The van der Waals surface area contributed by atoms with E-state index in [1.54, 1.807) is 12.1 Å². The number of aryl methyl sites for hydroxylation is 1. The second-order valence-corrected chi connectivity index (χ2v) is 8.54. The molecule has 0 spiro atoms. The van der Waals surface area contributed by atoms with Gasteiger partial charge in [-0.2, -0.15) is 9.29 Å². The normalized spacial score (nSPS) is 15.2. The number of piperazine rings is 1. The molecule has 1 aromatic carbocycles. The molecule has 0 saturated carbocycles. The average Bonchev–Trinajstić information content (AvgIpc) is 2.73. The number of aromatic nitrogens is 2. The van der Waals surface area contributed by atoms with Crippen LogP contribution in [-0.4, -0.2) is 69.6 Å². The molecule has 0 radical (unpaired) electrons. The summed E-state index contributed by atoms with van der Waals surface area (Å²) in [5.41, 5.74) is 0.863. The molecule has 10 heteroatoms. The van der Waals surface area contributed by atoms with Gasteiger partial charge in [-0.15, -0.1) is 0 Å². The highest BCUT2D eigenvalue weighted by Crippen LogP contribution is 2.31. The summed E-state index contributed by atoms with van der Waals surface area (Å²) in [6.07, 6.45) is 0. The first-order valence-corrected chi connectivity index (χ1v) is 10.9. The van der Waals surface area contributed by atoms with E-state index in [0.717, 1.165) is 18.1 Å². The molecule has 0 unspecified atom stereocenters. The smallest absolute Gasteiger partial charge is 0.247 e. The number of hydrogen-bond donors (Lipinski definition) is 1. The predicted molar refractivity (Wildman–Crippen MR) is 111 cm³/mol. The van der Waals surface area contributed by atoms with Crippen LogP contribution in [0.3, 0.4) is 0 Å². The van der Waals surface area contributed by atoms with E-state index < -0.39 is 10.0 Å². The lowest BCUT2D eigenvalue weighted by Crippen LogP contribution is -2.49. The van der Waals surface area contributed by atoms with E-state index in [9.17, 15) is 8.42 Å². The lowest BCUT2D eigenvalue weighted by Gasteiger charge is -2.34. The van der Waals surface area contributed by atoms with E-state index in [0.29, 0.717) is 43.6 Å². The molecule has 1 aliphatic rings. The highest BCUT2D eigenvalue weighted by Gasteiger charge is 2.32. The van der Waals surface area contributed by atoms with Crippen LogP contribution in [0.15, 0.2) is 29.2 Å². The van der Waals surface area contributed by atoms with E-state index >= 15 is 0 Å². The van der Waals surface area contributed by atoms with Gasteiger partial charge in [0.2, 0.25) is 16.0 Å². The first-order chi connectivity index (χ1) is 13.9. The van der Waals surface area contributed by atoms with Crippen LogP contribution < -0.4 is 19.7 Å². The van der Waals surface area contributed by atoms with Gasteiger partial charge in [0.15, 0.2) is 0 Å². The van der Waals surface area contributed by atoms with Crippen molar-refractivity contribution in [1.82, 2.24) is 14.3 Å². The van der Waals surface area contributed by atoms with Gasteiger partial charge in [-0.3, -0.25) is 0 Å². The van der Waals surface area contributed by atoms with Crippen molar-refractivity contribution >= 4 is 21.8 Å². The van der Waals surface area contributed by atoms with Crippen molar-refractivity contribution < 1.29 is 17.9 Å². The number of sulfonamides is 1. The van der Waals surface area contributed by atoms with Gasteiger partial charge in [0, 0.05) is 50.6 Å². The Hall–Kier alpha value is -2.59. The molecule has 9 nitrogen and oxygen atoms in total. The summed E-state index contributed by atoms with van der Waals surface area (Å²) >= 11 is 0. The molecule has 0 bridgehead atoms. The zero-order valence-corrected chi connectivity index (χ0v) is 18.0. The Morgan fingerprint density at radius 1 is 1.07 bits per heavy atom. The van der Waals surface area contributed by atoms with E-state index in [1.807, 2.05) is 24.8 Å². The molecule has 1 aliphatic heterocycles. The number of nitrogens with one attached hydrogen (secondary N) is 1. The molecule has 0 aliphatic carbocycles. The Kier molecular flexibility index (Phi) is 6.43. The summed E-state index contributed by atoms with van der Waals surface area (Å²) in [5, 5.41) is 3.20. The molecule has 158 valence electrons. The van der Waals surface area contributed by atoms with Gasteiger partial charge in [0.05, 0.1) is 14.2 Å². The lowest BCUT2D eigenvalue weighted by atomic mass is 10.3. The van der Waals surface area contributed by atoms with Gasteiger partial charge < -0.3 is 19.7 Å². The fourth-order valence-electron chi connectivity index (χ4n) is 3.22. The molecule has 2 aromatic rings. The van der Waals surface area contributed by atoms with Crippen molar-refractivity contribution in [2.24, 2.45) is 0 Å². The summed E-state index contributed by atoms with van der Waals surface area (Å²) in [6, 6.07) is 6.66. The zero-order valence-electron chi connectivity index (χ0n) is 17.2. The minimum Gasteiger partial charge on any atom is -0.497 e. The second kappa shape index (κ2) is 8.83. The molecule has 1 saturated heterocycles. The molecule has 0 amide bonds. The Labute approximate surface area is 171 Å². The lowest BCUT2D eigenvalue weighted by molar-refractivity contribution is 0.369. The highest BCUT2D eigenvalue weighted by atomic mass is 32.2. The highest BCUT2D eigenvalue weighted by molar-refractivity contribution is 7.89. The van der Waals surface area contributed by atoms with Crippen LogP contribution in [0.4, 0.5) is 11.8 Å². The third kappa shape index (κ3) is 4.54. The quantitative estimate of drug-likeness (QED) is 0.722. The predicted octanol–water partition coefficient (Wildman–Crippen LogP) is 1.74. The molecule has 3 rings (SSSR count). The maximum atomic E-state index is 13.2. The first-order valence-electron chi connectivity index (χ1n) is 9.45. The van der Waals surface area contributed by atoms with Crippen LogP contribution >= 0.6 is 0 Å². The second-order valence-electron chi connectivity index (χ2n) is 6.63. The number of anilines is 2. The Morgan fingerprint density at radius 3 is 2.41 bits per heavy atom. The number of methoxy groups -OCH3 is 2. The minimum atomic E-state index is -3.72. The average molecular weight is 422 g/mol. The maximum absolute atomic E-state index is 13.2. The van der Waals surface area contributed by atoms with E-state index in [4.69, 9.17) is 9.47 Å². The van der Waals surface area contributed by atoms with Crippen LogP contribution in [0, 0.1) is 6.92 Å². The molecule has 1 aromatic heterocycles. The minimum absolute atomic E-state index is 0.106. The molecule has 2 heterocycles. The van der Waals surface area contributed by atoms with E-state index in [2.05, 4.69) is 15.3 Å². The monoisotopic (exact) mass is 421 g/mol. The number of rotatable bonds is 7. The van der Waals surface area contributed by atoms with Crippen molar-refractivity contribution in [3.05, 3.63) is 30.0 Å². The zero-order chi connectivity index (χ0) is 21.0. The maximum Gasteiger partial charge on any atom is 0.247 e. The fraction of sp³-hybridized carbons (Fsp3) is 0.474. The summed E-state index contributed by atoms with van der Waals surface area (Å²) in [7, 11) is -0.765. The molecule has 1 fully saturated rings. The topological polar surface area (TPSA) is 96.9 Å². The third-order valence-corrected chi connectivity index (χ3v) is 6.63. The molecular formula is C19H27N5O4S. The molecular weight excluding hydrogens is 394 g/mol. The van der Waals surface area contributed by atoms with Crippen molar-refractivity contribution in [2.45, 2.75) is 18.7 Å². The van der Waals surface area contributed by atoms with Gasteiger partial charge >= 0.3 is 0 Å². The van der Waals surface area contributed by atoms with Gasteiger partial charge in [0.1, 0.15) is 22.2 Å². The van der Waals surface area contributed by atoms with Gasteiger partial charge in [-0.1, -0.05) is 0 Å². The van der Waals surface area contributed by atoms with Crippen molar-refractivity contribution in [1.29, 1.82) is 0 Å². The van der Waals surface area contributed by atoms with Gasteiger partial charge in [-0.25, -0.2) is 13.4 Å². The number of benzene rings is 1. The van der Waals surface area contributed by atoms with Crippen LogP contribution in [0.5, 0.6) is 11.5 Å². The molecule has 29 heavy (non-hydrogen) atoms. The third-order valence-electron chi connectivity index (χ3n) is 4.71. The number of ether oxygens (including phenoxy) is 2. The Bertz CT molecular complexity index is 959. The largest absolute Gasteiger partial charge is 0.497 e. The standard InChI is InChI=1S/C19H27N5O4S/c1-5-20-18-12-14(2)21-19(22-18)23-8-10-24(11-9-23)29(25,26)17-13-15(27-3)6-7-16(17)28-4/h6-7,12-13H,5,8-11H2,1-4H3,(H,20,21,22). The van der Waals surface area contributed by atoms with Gasteiger partial charge in [0.25, 0.3) is 0 Å². The summed E-state index contributed by atoms with van der Waals surface area (Å²) < 4.78 is 38.3. The van der Waals surface area contributed by atoms with Crippen molar-refractivity contribution in [2.75, 3.05) is 57.2 Å². The SMILES string of the molecule is CCNc1cc(C)nc(N2CCN(S(=O)(=O)c3cc(OC)ccc3OC)CC2)n1. The Morgan fingerprint density at radius 2 is 1.79 bits per heavy atom. The van der Waals surface area contributed by atoms with Crippen molar-refractivity contribution in [3.63, 3.8) is 0 Å². The number of hydrogen-bond acceptors (Lipinski definition) is 8. The van der Waals surface area contributed by atoms with E-state index in [1.165, 1.54) is 24.6 Å². The van der Waals surface area contributed by atoms with Crippen LogP contribution in [0.2, 0.25) is 0 Å². The number of nitrogens with zero attached hydrogens (tertiary/aromatic N) is 4. The van der Waals surface area contributed by atoms with Crippen LogP contribution in [0.1, 0.15) is 12.6 Å². The fourth-order valence-corrected chi connectivity index (χ4v) is 4.81. The summed E-state index contributed by atoms with van der Waals surface area (Å²) in [6.45, 7) is 6.35. The van der Waals surface area contributed by atoms with Crippen LogP contribution in [-0.2, 0) is 10.0 Å². The Balaban J connectivity index is 1.78. The molecule has 0 atom stereocenters. The molecule has 1 N–H and O–H groups in total. The summed E-state index contributed by atoms with van der Waals surface area (Å²) in [5.74, 6) is 2.14. The van der Waals surface area contributed by atoms with Crippen molar-refractivity contribution in [3.8, 4) is 11.5 Å². The van der Waals surface area contributed by atoms with E-state index in [-0.39, 0.29) is 4.90 Å². The summed E-state index contributed by atoms with van der Waals surface area (Å²) in [4.78, 5) is 11.2.